The zero-order valence-corrected chi connectivity index (χ0v) is 21.6. The summed E-state index contributed by atoms with van der Waals surface area (Å²) < 4.78 is 5.40. The summed E-state index contributed by atoms with van der Waals surface area (Å²) in [5, 5.41) is 6.30. The number of nitrogens with one attached hydrogen (secondary N) is 1. The first-order chi connectivity index (χ1) is 15.2. The Kier molecular flexibility index (Phi) is 7.71. The van der Waals surface area contributed by atoms with Gasteiger partial charge in [-0.3, -0.25) is 4.79 Å². The van der Waals surface area contributed by atoms with Crippen LogP contribution >= 0.6 is 27.3 Å². The number of anilines is 1. The second kappa shape index (κ2) is 10.1. The van der Waals surface area contributed by atoms with Gasteiger partial charge in [-0.25, -0.2) is 4.79 Å². The van der Waals surface area contributed by atoms with E-state index in [1.165, 1.54) is 18.4 Å². The van der Waals surface area contributed by atoms with Gasteiger partial charge in [0.1, 0.15) is 10.6 Å². The minimum Gasteiger partial charge on any atom is -0.465 e. The van der Waals surface area contributed by atoms with Crippen molar-refractivity contribution in [1.29, 1.82) is 0 Å². The van der Waals surface area contributed by atoms with Crippen molar-refractivity contribution in [2.45, 2.75) is 31.7 Å². The van der Waals surface area contributed by atoms with E-state index in [2.05, 4.69) is 21.2 Å². The first-order valence-corrected chi connectivity index (χ1v) is 13.8. The van der Waals surface area contributed by atoms with E-state index in [4.69, 9.17) is 4.74 Å². The molecule has 0 aliphatic rings. The number of methoxy groups -OCH3 is 1. The van der Waals surface area contributed by atoms with Crippen LogP contribution < -0.4 is 15.7 Å². The number of thiophene rings is 1. The van der Waals surface area contributed by atoms with Crippen LogP contribution in [0.3, 0.4) is 0 Å². The molecule has 0 aliphatic heterocycles. The largest absolute Gasteiger partial charge is 0.465 e. The van der Waals surface area contributed by atoms with Crippen molar-refractivity contribution >= 4 is 62.8 Å². The number of amides is 1. The number of hydrogen-bond donors (Lipinski definition) is 2. The molecule has 1 heterocycles. The number of benzene rings is 2. The van der Waals surface area contributed by atoms with Crippen molar-refractivity contribution in [2.24, 2.45) is 0 Å². The fourth-order valence-electron chi connectivity index (χ4n) is 3.82. The smallest absolute Gasteiger partial charge is 0.342 e. The van der Waals surface area contributed by atoms with E-state index in [1.807, 2.05) is 74.5 Å². The molecular weight excluding hydrogens is 506 g/mol. The quantitative estimate of drug-likeness (QED) is 0.330. The molecule has 0 atom stereocenters. The maximum Gasteiger partial charge on any atom is 0.342 e. The average Bonchev–Trinajstić information content (AvgIpc) is 3.17. The molecule has 8 heteroatoms. The minimum atomic E-state index is -3.18. The number of rotatable bonds is 8. The molecule has 32 heavy (non-hydrogen) atoms. The predicted molar refractivity (Wildman–Crippen MR) is 135 cm³/mol. The normalized spacial score (nSPS) is 11.8. The van der Waals surface area contributed by atoms with Gasteiger partial charge < -0.3 is 14.8 Å². The van der Waals surface area contributed by atoms with Gasteiger partial charge in [0.2, 0.25) is 5.91 Å². The van der Waals surface area contributed by atoms with Gasteiger partial charge >= 0.3 is 5.97 Å². The highest BCUT2D eigenvalue weighted by molar-refractivity contribution is 9.10. The average molecular weight is 533 g/mol. The van der Waals surface area contributed by atoms with Crippen molar-refractivity contribution in [3.8, 4) is 0 Å². The fourth-order valence-corrected chi connectivity index (χ4v) is 9.15. The Hall–Kier alpha value is -2.26. The lowest BCUT2D eigenvalue weighted by atomic mass is 10.1. The van der Waals surface area contributed by atoms with Crippen molar-refractivity contribution in [3.63, 3.8) is 0 Å². The van der Waals surface area contributed by atoms with E-state index in [0.29, 0.717) is 21.5 Å². The van der Waals surface area contributed by atoms with Crippen LogP contribution in [0.2, 0.25) is 5.04 Å². The van der Waals surface area contributed by atoms with Crippen LogP contribution in [0.1, 0.15) is 37.0 Å². The third kappa shape index (κ3) is 4.88. The lowest BCUT2D eigenvalue weighted by Gasteiger charge is -2.41. The summed E-state index contributed by atoms with van der Waals surface area (Å²) in [6, 6.07) is 19.5. The molecule has 2 N–H and O–H groups in total. The topological polar surface area (TPSA) is 75.6 Å². The summed E-state index contributed by atoms with van der Waals surface area (Å²) in [5.41, 5.74) is 0.310. The van der Waals surface area contributed by atoms with Crippen molar-refractivity contribution in [2.75, 3.05) is 12.4 Å². The zero-order chi connectivity index (χ0) is 23.4. The maximum absolute atomic E-state index is 12.8. The fraction of sp³-hybridized carbons (Fsp3) is 0.250. The summed E-state index contributed by atoms with van der Waals surface area (Å²) in [7, 11) is -1.87. The Labute approximate surface area is 201 Å². The van der Waals surface area contributed by atoms with Crippen LogP contribution in [0.15, 0.2) is 70.5 Å². The van der Waals surface area contributed by atoms with Crippen molar-refractivity contribution in [3.05, 3.63) is 76.1 Å². The molecule has 0 bridgehead atoms. The van der Waals surface area contributed by atoms with Crippen LogP contribution in [0.25, 0.3) is 0 Å². The van der Waals surface area contributed by atoms with Gasteiger partial charge in [-0.1, -0.05) is 74.5 Å². The Morgan fingerprint density at radius 1 is 1.06 bits per heavy atom. The molecule has 5 nitrogen and oxygen atoms in total. The maximum atomic E-state index is 12.8. The van der Waals surface area contributed by atoms with E-state index in [1.54, 1.807) is 5.38 Å². The van der Waals surface area contributed by atoms with Gasteiger partial charge in [-0.15, -0.1) is 11.3 Å². The van der Waals surface area contributed by atoms with Crippen molar-refractivity contribution in [1.82, 2.24) is 0 Å². The van der Waals surface area contributed by atoms with E-state index in [-0.39, 0.29) is 12.3 Å². The van der Waals surface area contributed by atoms with Gasteiger partial charge in [0.05, 0.1) is 7.11 Å². The number of halogens is 1. The number of hydrogen-bond acceptors (Lipinski definition) is 5. The summed E-state index contributed by atoms with van der Waals surface area (Å²) in [4.78, 5) is 37.0. The SMILES string of the molecule is COC(=O)c1c(Br)csc1NC(=O)CCC(C)(C)[Si](O)(c1ccccc1)c1ccccc1. The van der Waals surface area contributed by atoms with Gasteiger partial charge in [0.25, 0.3) is 8.32 Å². The number of carbonyl (C=O) groups excluding carboxylic acids is 2. The Bertz CT molecular complexity index is 1050. The highest BCUT2D eigenvalue weighted by Gasteiger charge is 2.49. The second-order valence-electron chi connectivity index (χ2n) is 8.15. The highest BCUT2D eigenvalue weighted by Crippen LogP contribution is 2.40. The first kappa shape index (κ1) is 24.4. The molecule has 1 amide bonds. The molecule has 0 radical (unpaired) electrons. The molecule has 3 aromatic rings. The van der Waals surface area contributed by atoms with E-state index >= 15 is 0 Å². The molecule has 1 aromatic heterocycles. The molecule has 0 aliphatic carbocycles. The Morgan fingerprint density at radius 2 is 1.59 bits per heavy atom. The summed E-state index contributed by atoms with van der Waals surface area (Å²) >= 11 is 4.59. The molecule has 0 spiro atoms. The summed E-state index contributed by atoms with van der Waals surface area (Å²) in [6.45, 7) is 4.04. The summed E-state index contributed by atoms with van der Waals surface area (Å²) in [5.74, 6) is -0.723. The number of carbonyl (C=O) groups is 2. The standard InChI is InChI=1S/C24H26BrNO4SSi/c1-24(2,15-14-20(27)26-22-21(23(28)30-3)19(25)16-31-22)32(29,17-10-6-4-7-11-17)18-12-8-5-9-13-18/h4-13,16,29H,14-15H2,1-3H3,(H,26,27). The van der Waals surface area contributed by atoms with E-state index in [9.17, 15) is 14.4 Å². The number of esters is 1. The van der Waals surface area contributed by atoms with Crippen LogP contribution in [-0.4, -0.2) is 32.1 Å². The molecule has 0 unspecified atom stereocenters. The minimum absolute atomic E-state index is 0.206. The van der Waals surface area contributed by atoms with Crippen LogP contribution in [-0.2, 0) is 9.53 Å². The third-order valence-electron chi connectivity index (χ3n) is 5.73. The van der Waals surface area contributed by atoms with Crippen LogP contribution in [0, 0.1) is 0 Å². The predicted octanol–water partition coefficient (Wildman–Crippen LogP) is 4.55. The monoisotopic (exact) mass is 531 g/mol. The first-order valence-electron chi connectivity index (χ1n) is 10.2. The summed E-state index contributed by atoms with van der Waals surface area (Å²) in [6.07, 6.45) is 0.684. The third-order valence-corrected chi connectivity index (χ3v) is 12.1. The molecule has 0 saturated heterocycles. The zero-order valence-electron chi connectivity index (χ0n) is 18.2. The van der Waals surface area contributed by atoms with Gasteiger partial charge in [-0.05, 0) is 37.8 Å². The second-order valence-corrected chi connectivity index (χ2v) is 13.8. The Balaban J connectivity index is 1.83. The molecule has 0 fully saturated rings. The lowest BCUT2D eigenvalue weighted by molar-refractivity contribution is -0.116. The van der Waals surface area contributed by atoms with E-state index < -0.39 is 19.3 Å². The molecule has 0 saturated carbocycles. The molecule has 2 aromatic carbocycles. The van der Waals surface area contributed by atoms with Gasteiger partial charge in [0.15, 0.2) is 0 Å². The molecule has 3 rings (SSSR count). The highest BCUT2D eigenvalue weighted by atomic mass is 79.9. The Morgan fingerprint density at radius 3 is 2.09 bits per heavy atom. The van der Waals surface area contributed by atoms with Gasteiger partial charge in [-0.2, -0.15) is 0 Å². The van der Waals surface area contributed by atoms with Crippen molar-refractivity contribution < 1.29 is 19.1 Å². The van der Waals surface area contributed by atoms with Crippen LogP contribution in [0.5, 0.6) is 0 Å². The molecule has 168 valence electrons. The van der Waals surface area contributed by atoms with Gasteiger partial charge in [0, 0.05) is 16.3 Å². The number of ether oxygens (including phenoxy) is 1. The lowest BCUT2D eigenvalue weighted by Crippen LogP contribution is -2.65. The van der Waals surface area contributed by atoms with Crippen LogP contribution in [0.4, 0.5) is 5.00 Å². The molecular formula is C24H26BrNO4SSi. The van der Waals surface area contributed by atoms with E-state index in [0.717, 1.165) is 10.4 Å².